The van der Waals surface area contributed by atoms with Crippen LogP contribution >= 0.6 is 0 Å². The molecule has 0 unspecified atom stereocenters. The van der Waals surface area contributed by atoms with Crippen LogP contribution in [-0.2, 0) is 9.59 Å². The zero-order valence-electron chi connectivity index (χ0n) is 26.3. The summed E-state index contributed by atoms with van der Waals surface area (Å²) in [5.41, 5.74) is 0. The lowest BCUT2D eigenvalue weighted by Gasteiger charge is -2.37. The Morgan fingerprint density at radius 1 is 0.450 bits per heavy atom. The summed E-state index contributed by atoms with van der Waals surface area (Å²) in [7, 11) is 0. The first-order chi connectivity index (χ1) is 19.4. The minimum Gasteiger partial charge on any atom is -0.481 e. The van der Waals surface area contributed by atoms with E-state index < -0.39 is 11.9 Å². The van der Waals surface area contributed by atoms with Crippen LogP contribution in [0.3, 0.4) is 0 Å². The summed E-state index contributed by atoms with van der Waals surface area (Å²) in [5, 5.41) is 18.1. The van der Waals surface area contributed by atoms with Crippen LogP contribution < -0.4 is 0 Å². The second kappa shape index (κ2) is 18.5. The highest BCUT2D eigenvalue weighted by molar-refractivity contribution is 5.70. The van der Waals surface area contributed by atoms with Crippen molar-refractivity contribution in [3.8, 4) is 0 Å². The van der Waals surface area contributed by atoms with Crippen molar-refractivity contribution in [3.63, 3.8) is 0 Å². The Balaban J connectivity index is 0.000000220. The number of hydrogen-bond acceptors (Lipinski definition) is 2. The van der Waals surface area contributed by atoms with Gasteiger partial charge in [0.15, 0.2) is 0 Å². The molecule has 4 nitrogen and oxygen atoms in total. The van der Waals surface area contributed by atoms with Gasteiger partial charge in [-0.3, -0.25) is 9.59 Å². The molecule has 4 rings (SSSR count). The molecule has 40 heavy (non-hydrogen) atoms. The second-order valence-electron chi connectivity index (χ2n) is 14.5. The number of unbranched alkanes of at least 4 members (excludes halogenated alkanes) is 4. The van der Waals surface area contributed by atoms with Crippen molar-refractivity contribution in [2.24, 2.45) is 47.3 Å². The van der Waals surface area contributed by atoms with Crippen molar-refractivity contribution in [3.05, 3.63) is 0 Å². The van der Waals surface area contributed by atoms with E-state index >= 15 is 0 Å². The minimum absolute atomic E-state index is 0.0448. The Bertz CT molecular complexity index is 628. The Labute approximate surface area is 246 Å². The first-order valence-electron chi connectivity index (χ1n) is 17.9. The van der Waals surface area contributed by atoms with E-state index in [0.717, 1.165) is 61.2 Å². The Morgan fingerprint density at radius 3 is 0.975 bits per heavy atom. The summed E-state index contributed by atoms with van der Waals surface area (Å²) in [5.74, 6) is 4.25. The van der Waals surface area contributed by atoms with Crippen LogP contribution in [0.2, 0.25) is 0 Å². The van der Waals surface area contributed by atoms with Gasteiger partial charge in [0.05, 0.1) is 11.8 Å². The number of carbonyl (C=O) groups is 2. The third-order valence-electron chi connectivity index (χ3n) is 11.8. The van der Waals surface area contributed by atoms with E-state index in [0.29, 0.717) is 0 Å². The van der Waals surface area contributed by atoms with Gasteiger partial charge < -0.3 is 10.2 Å². The van der Waals surface area contributed by atoms with Gasteiger partial charge in [-0.2, -0.15) is 0 Å². The average molecular weight is 561 g/mol. The molecule has 232 valence electrons. The van der Waals surface area contributed by atoms with E-state index in [4.69, 9.17) is 10.2 Å². The molecular formula is C36H64O4. The fourth-order valence-corrected chi connectivity index (χ4v) is 8.94. The van der Waals surface area contributed by atoms with Crippen molar-refractivity contribution in [2.45, 2.75) is 168 Å². The van der Waals surface area contributed by atoms with Gasteiger partial charge in [-0.25, -0.2) is 0 Å². The zero-order valence-corrected chi connectivity index (χ0v) is 26.3. The van der Waals surface area contributed by atoms with Crippen LogP contribution in [0.15, 0.2) is 0 Å². The van der Waals surface area contributed by atoms with E-state index in [1.165, 1.54) is 128 Å². The molecule has 0 bridgehead atoms. The van der Waals surface area contributed by atoms with Gasteiger partial charge in [-0.15, -0.1) is 0 Å². The number of hydrogen-bond donors (Lipinski definition) is 2. The standard InChI is InChI=1S/2C18H32O2/c2*1-2-3-4-5-14-6-8-15(9-7-14)16-10-12-17(13-11-16)18(19)20/h2*14-17H,2-13H2,1H3,(H,19,20). The van der Waals surface area contributed by atoms with Gasteiger partial charge in [0.25, 0.3) is 0 Å². The first kappa shape index (κ1) is 33.4. The molecule has 0 radical (unpaired) electrons. The van der Waals surface area contributed by atoms with Crippen LogP contribution in [0, 0.1) is 47.3 Å². The third kappa shape index (κ3) is 11.3. The highest BCUT2D eigenvalue weighted by Crippen LogP contribution is 2.43. The summed E-state index contributed by atoms with van der Waals surface area (Å²) < 4.78 is 0. The fourth-order valence-electron chi connectivity index (χ4n) is 8.94. The van der Waals surface area contributed by atoms with Crippen molar-refractivity contribution in [1.29, 1.82) is 0 Å². The molecule has 0 spiro atoms. The number of rotatable bonds is 12. The van der Waals surface area contributed by atoms with E-state index in [2.05, 4.69) is 13.8 Å². The number of carboxylic acid groups (broad SMARTS) is 2. The maximum Gasteiger partial charge on any atom is 0.306 e. The highest BCUT2D eigenvalue weighted by atomic mass is 16.4. The topological polar surface area (TPSA) is 74.6 Å². The molecule has 2 N–H and O–H groups in total. The lowest BCUT2D eigenvalue weighted by Crippen LogP contribution is -2.28. The molecule has 0 amide bonds. The molecule has 0 aromatic heterocycles. The normalized spacial score (nSPS) is 34.9. The van der Waals surface area contributed by atoms with Gasteiger partial charge in [0, 0.05) is 0 Å². The first-order valence-corrected chi connectivity index (χ1v) is 17.9. The van der Waals surface area contributed by atoms with Crippen molar-refractivity contribution < 1.29 is 19.8 Å². The van der Waals surface area contributed by atoms with Gasteiger partial charge in [0.1, 0.15) is 0 Å². The van der Waals surface area contributed by atoms with Crippen molar-refractivity contribution >= 4 is 11.9 Å². The smallest absolute Gasteiger partial charge is 0.306 e. The van der Waals surface area contributed by atoms with Crippen LogP contribution in [-0.4, -0.2) is 22.2 Å². The van der Waals surface area contributed by atoms with Gasteiger partial charge in [-0.05, 0) is 113 Å². The van der Waals surface area contributed by atoms with Crippen LogP contribution in [0.25, 0.3) is 0 Å². The largest absolute Gasteiger partial charge is 0.481 e. The maximum absolute atomic E-state index is 11.0. The van der Waals surface area contributed by atoms with Gasteiger partial charge in [0.2, 0.25) is 0 Å². The molecule has 4 aliphatic rings. The molecule has 0 aromatic carbocycles. The van der Waals surface area contributed by atoms with Gasteiger partial charge >= 0.3 is 11.9 Å². The summed E-state index contributed by atoms with van der Waals surface area (Å²) in [6, 6.07) is 0. The molecule has 4 aliphatic carbocycles. The molecule has 4 heteroatoms. The van der Waals surface area contributed by atoms with E-state index in [-0.39, 0.29) is 11.8 Å². The van der Waals surface area contributed by atoms with Gasteiger partial charge in [-0.1, -0.05) is 90.9 Å². The SMILES string of the molecule is CCCCCC1CCC(C2CCC(C(=O)O)CC2)CC1.CCCCCC1CCC(C2CCC(C(=O)O)CC2)CC1. The van der Waals surface area contributed by atoms with E-state index in [1.54, 1.807) is 0 Å². The maximum atomic E-state index is 11.0. The Kier molecular flexibility index (Phi) is 15.4. The van der Waals surface area contributed by atoms with Crippen LogP contribution in [0.4, 0.5) is 0 Å². The fraction of sp³-hybridized carbons (Fsp3) is 0.944. The summed E-state index contributed by atoms with van der Waals surface area (Å²) in [4.78, 5) is 22.0. The van der Waals surface area contributed by atoms with E-state index in [1.807, 2.05) is 0 Å². The van der Waals surface area contributed by atoms with Crippen molar-refractivity contribution in [1.82, 2.24) is 0 Å². The predicted molar refractivity (Wildman–Crippen MR) is 165 cm³/mol. The lowest BCUT2D eigenvalue weighted by atomic mass is 9.68. The third-order valence-corrected chi connectivity index (χ3v) is 11.8. The molecule has 0 aromatic rings. The second-order valence-corrected chi connectivity index (χ2v) is 14.5. The Hall–Kier alpha value is -1.06. The Morgan fingerprint density at radius 2 is 0.725 bits per heavy atom. The average Bonchev–Trinajstić information content (AvgIpc) is 2.99. The molecule has 0 atom stereocenters. The summed E-state index contributed by atoms with van der Waals surface area (Å²) in [6.07, 6.45) is 31.0. The number of aliphatic carboxylic acids is 2. The molecular weight excluding hydrogens is 496 g/mol. The van der Waals surface area contributed by atoms with Crippen molar-refractivity contribution in [2.75, 3.05) is 0 Å². The lowest BCUT2D eigenvalue weighted by molar-refractivity contribution is -0.144. The van der Waals surface area contributed by atoms with Crippen LogP contribution in [0.5, 0.6) is 0 Å². The molecule has 0 saturated heterocycles. The molecule has 4 fully saturated rings. The molecule has 0 aliphatic heterocycles. The molecule has 0 heterocycles. The molecule has 4 saturated carbocycles. The van der Waals surface area contributed by atoms with E-state index in [9.17, 15) is 9.59 Å². The summed E-state index contributed by atoms with van der Waals surface area (Å²) >= 11 is 0. The quantitative estimate of drug-likeness (QED) is 0.233. The van der Waals surface area contributed by atoms with Crippen LogP contribution in [0.1, 0.15) is 168 Å². The number of carboxylic acids is 2. The minimum atomic E-state index is -0.567. The zero-order chi connectivity index (χ0) is 28.7. The summed E-state index contributed by atoms with van der Waals surface area (Å²) in [6.45, 7) is 4.56. The monoisotopic (exact) mass is 560 g/mol. The predicted octanol–water partition coefficient (Wildman–Crippen LogP) is 10.5. The highest BCUT2D eigenvalue weighted by Gasteiger charge is 2.34.